The number of carbonyl (C=O) groups excluding carboxylic acids is 2. The third-order valence-electron chi connectivity index (χ3n) is 3.69. The molecule has 0 atom stereocenters. The molecule has 3 heterocycles. The van der Waals surface area contributed by atoms with Crippen molar-refractivity contribution < 1.29 is 9.59 Å². The fourth-order valence-electron chi connectivity index (χ4n) is 2.49. The van der Waals surface area contributed by atoms with Gasteiger partial charge in [-0.1, -0.05) is 11.6 Å². The monoisotopic (exact) mass is 386 g/mol. The van der Waals surface area contributed by atoms with Gasteiger partial charge in [0.25, 0.3) is 5.91 Å². The highest BCUT2D eigenvalue weighted by atomic mass is 35.5. The van der Waals surface area contributed by atoms with Gasteiger partial charge in [0, 0.05) is 30.9 Å². The molecule has 3 aromatic rings. The molecule has 0 unspecified atom stereocenters. The zero-order chi connectivity index (χ0) is 19.4. The SMILES string of the molecule is Bc1cc(C(=O)Nc2c(CNNC=O)cnn2C)n(-c2ncccc2Cl)n1. The molecule has 0 spiro atoms. The number of pyridine rings is 1. The summed E-state index contributed by atoms with van der Waals surface area (Å²) in [4.78, 5) is 27.5. The van der Waals surface area contributed by atoms with Crippen molar-refractivity contribution in [1.82, 2.24) is 35.4 Å². The van der Waals surface area contributed by atoms with Crippen molar-refractivity contribution in [2.45, 2.75) is 6.54 Å². The highest BCUT2D eigenvalue weighted by Crippen LogP contribution is 2.19. The molecule has 0 radical (unpaired) electrons. The Labute approximate surface area is 160 Å². The van der Waals surface area contributed by atoms with Gasteiger partial charge in [0.15, 0.2) is 13.7 Å². The molecule has 3 rings (SSSR count). The lowest BCUT2D eigenvalue weighted by molar-refractivity contribution is -0.110. The molecule has 3 N–H and O–H groups in total. The van der Waals surface area contributed by atoms with Crippen molar-refractivity contribution in [3.8, 4) is 5.82 Å². The summed E-state index contributed by atoms with van der Waals surface area (Å²) in [6, 6.07) is 5.01. The normalized spacial score (nSPS) is 10.6. The minimum absolute atomic E-state index is 0.277. The molecular weight excluding hydrogens is 370 g/mol. The summed E-state index contributed by atoms with van der Waals surface area (Å²) in [5.74, 6) is 0.447. The molecule has 0 aromatic carbocycles. The van der Waals surface area contributed by atoms with Crippen molar-refractivity contribution in [2.24, 2.45) is 7.05 Å². The maximum absolute atomic E-state index is 12.9. The van der Waals surface area contributed by atoms with Crippen LogP contribution in [-0.2, 0) is 18.4 Å². The largest absolute Gasteiger partial charge is 0.305 e. The Balaban J connectivity index is 1.89. The van der Waals surface area contributed by atoms with E-state index in [1.165, 1.54) is 9.36 Å². The van der Waals surface area contributed by atoms with E-state index < -0.39 is 5.91 Å². The zero-order valence-corrected chi connectivity index (χ0v) is 15.4. The van der Waals surface area contributed by atoms with E-state index >= 15 is 0 Å². The van der Waals surface area contributed by atoms with Crippen LogP contribution in [0.3, 0.4) is 0 Å². The second kappa shape index (κ2) is 8.02. The number of carbonyl (C=O) groups is 2. The summed E-state index contributed by atoms with van der Waals surface area (Å²) in [7, 11) is 3.47. The molecule has 0 saturated carbocycles. The summed E-state index contributed by atoms with van der Waals surface area (Å²) >= 11 is 6.20. The number of nitrogens with one attached hydrogen (secondary N) is 3. The van der Waals surface area contributed by atoms with Crippen molar-refractivity contribution in [3.63, 3.8) is 0 Å². The average molecular weight is 387 g/mol. The average Bonchev–Trinajstić information content (AvgIpc) is 3.19. The third-order valence-corrected chi connectivity index (χ3v) is 3.99. The fourth-order valence-corrected chi connectivity index (χ4v) is 2.69. The Kier molecular flexibility index (Phi) is 5.53. The molecule has 12 heteroatoms. The Morgan fingerprint density at radius 3 is 3.00 bits per heavy atom. The van der Waals surface area contributed by atoms with Crippen molar-refractivity contribution in [1.29, 1.82) is 0 Å². The van der Waals surface area contributed by atoms with E-state index in [-0.39, 0.29) is 12.2 Å². The van der Waals surface area contributed by atoms with Crippen LogP contribution in [0.1, 0.15) is 16.1 Å². The maximum Gasteiger partial charge on any atom is 0.275 e. The van der Waals surface area contributed by atoms with Crippen LogP contribution in [0.4, 0.5) is 5.82 Å². The van der Waals surface area contributed by atoms with Gasteiger partial charge in [0.05, 0.1) is 11.2 Å². The highest BCUT2D eigenvalue weighted by molar-refractivity contribution is 6.32. The second-order valence-corrected chi connectivity index (χ2v) is 6.01. The summed E-state index contributed by atoms with van der Waals surface area (Å²) in [5.41, 5.74) is 6.65. The summed E-state index contributed by atoms with van der Waals surface area (Å²) in [6.07, 6.45) is 3.69. The molecule has 3 aromatic heterocycles. The predicted octanol–water partition coefficient (Wildman–Crippen LogP) is -1.08. The lowest BCUT2D eigenvalue weighted by Crippen LogP contribution is -2.30. The smallest absolute Gasteiger partial charge is 0.275 e. The van der Waals surface area contributed by atoms with Gasteiger partial charge in [0.1, 0.15) is 11.5 Å². The van der Waals surface area contributed by atoms with E-state index in [1.807, 2.05) is 0 Å². The first-order chi connectivity index (χ1) is 13.0. The van der Waals surface area contributed by atoms with E-state index in [0.29, 0.717) is 34.2 Å². The third kappa shape index (κ3) is 3.99. The fraction of sp³-hybridized carbons (Fsp3) is 0.133. The minimum atomic E-state index is -0.398. The van der Waals surface area contributed by atoms with Crippen molar-refractivity contribution in [2.75, 3.05) is 5.32 Å². The van der Waals surface area contributed by atoms with E-state index in [9.17, 15) is 9.59 Å². The second-order valence-electron chi connectivity index (χ2n) is 5.60. The van der Waals surface area contributed by atoms with Crippen LogP contribution in [0.5, 0.6) is 0 Å². The number of halogens is 1. The van der Waals surface area contributed by atoms with Gasteiger partial charge in [-0.15, -0.1) is 0 Å². The van der Waals surface area contributed by atoms with E-state index in [2.05, 4.69) is 31.3 Å². The van der Waals surface area contributed by atoms with Crippen molar-refractivity contribution >= 4 is 43.2 Å². The summed E-state index contributed by atoms with van der Waals surface area (Å²) < 4.78 is 2.92. The molecule has 0 fully saturated rings. The number of rotatable bonds is 7. The molecule has 10 nitrogen and oxygen atoms in total. The predicted molar refractivity (Wildman–Crippen MR) is 102 cm³/mol. The van der Waals surface area contributed by atoms with Gasteiger partial charge in [-0.25, -0.2) is 15.1 Å². The highest BCUT2D eigenvalue weighted by Gasteiger charge is 2.20. The van der Waals surface area contributed by atoms with Crippen LogP contribution in [0.2, 0.25) is 5.02 Å². The van der Waals surface area contributed by atoms with E-state index in [0.717, 1.165) is 0 Å². The number of aryl methyl sites for hydroxylation is 1. The van der Waals surface area contributed by atoms with Crippen molar-refractivity contribution in [3.05, 3.63) is 46.9 Å². The van der Waals surface area contributed by atoms with Gasteiger partial charge in [-0.05, 0) is 18.2 Å². The first kappa shape index (κ1) is 18.6. The number of aromatic nitrogens is 5. The molecule has 0 aliphatic carbocycles. The Bertz CT molecular complexity index is 986. The molecule has 27 heavy (non-hydrogen) atoms. The number of nitrogens with zero attached hydrogens (tertiary/aromatic N) is 5. The number of anilines is 1. The van der Waals surface area contributed by atoms with E-state index in [1.54, 1.807) is 45.5 Å². The van der Waals surface area contributed by atoms with Gasteiger partial charge in [0.2, 0.25) is 6.41 Å². The van der Waals surface area contributed by atoms with Crippen LogP contribution >= 0.6 is 11.6 Å². The topological polar surface area (TPSA) is 119 Å². The summed E-state index contributed by atoms with van der Waals surface area (Å²) in [5, 5.41) is 11.6. The first-order valence-corrected chi connectivity index (χ1v) is 8.31. The van der Waals surface area contributed by atoms with Gasteiger partial charge < -0.3 is 5.32 Å². The molecule has 0 aliphatic rings. The quantitative estimate of drug-likeness (QED) is 0.206. The summed E-state index contributed by atoms with van der Waals surface area (Å²) in [6.45, 7) is 0.284. The number of hydrogen-bond donors (Lipinski definition) is 3. The molecule has 0 saturated heterocycles. The molecule has 0 bridgehead atoms. The minimum Gasteiger partial charge on any atom is -0.305 e. The molecule has 2 amide bonds. The Morgan fingerprint density at radius 2 is 2.26 bits per heavy atom. The number of hydrazine groups is 1. The lowest BCUT2D eigenvalue weighted by Gasteiger charge is -2.11. The Hall–Kier alpha value is -3.18. The van der Waals surface area contributed by atoms with Gasteiger partial charge >= 0.3 is 0 Å². The Morgan fingerprint density at radius 1 is 1.44 bits per heavy atom. The van der Waals surface area contributed by atoms with Crippen LogP contribution < -0.4 is 21.8 Å². The lowest BCUT2D eigenvalue weighted by atomic mass is 10.1. The number of hydrogen-bond acceptors (Lipinski definition) is 6. The maximum atomic E-state index is 12.9. The number of amides is 2. The molecular formula is C15H16BClN8O2. The molecule has 0 aliphatic heterocycles. The zero-order valence-electron chi connectivity index (χ0n) is 14.6. The van der Waals surface area contributed by atoms with Gasteiger partial charge in [-0.2, -0.15) is 10.2 Å². The van der Waals surface area contributed by atoms with Gasteiger partial charge in [-0.3, -0.25) is 19.7 Å². The van der Waals surface area contributed by atoms with Crippen LogP contribution in [0.25, 0.3) is 5.82 Å². The van der Waals surface area contributed by atoms with Crippen LogP contribution in [-0.4, -0.2) is 44.7 Å². The van der Waals surface area contributed by atoms with E-state index in [4.69, 9.17) is 11.6 Å². The molecule has 138 valence electrons. The standard InChI is InChI=1S/C15H16BClN8O2/c1-24-13(9(7-21-24)6-19-20-8-26)22-15(27)11-5-12(16)23-25(11)14-10(17)3-2-4-18-14/h2-5,7-8,19H,6,16H2,1H3,(H,20,26)(H,22,27). The first-order valence-electron chi connectivity index (χ1n) is 7.93. The van der Waals surface area contributed by atoms with Crippen LogP contribution in [0, 0.1) is 0 Å². The van der Waals surface area contributed by atoms with Crippen LogP contribution in [0.15, 0.2) is 30.6 Å².